The number of benzene rings is 3. The van der Waals surface area contributed by atoms with Crippen molar-refractivity contribution in [1.82, 2.24) is 9.97 Å². The van der Waals surface area contributed by atoms with Gasteiger partial charge < -0.3 is 9.72 Å². The number of H-pyrrole nitrogens is 1. The number of nitrogens with one attached hydrogen (secondary N) is 2. The molecule has 0 aliphatic rings. The molecular formula is C21H17BrN4O. The second-order valence-electron chi connectivity index (χ2n) is 5.96. The molecule has 0 radical (unpaired) electrons. The molecule has 5 nitrogen and oxygen atoms in total. The van der Waals surface area contributed by atoms with Crippen LogP contribution in [0.3, 0.4) is 0 Å². The number of para-hydroxylation sites is 2. The van der Waals surface area contributed by atoms with Crippen molar-refractivity contribution in [3.8, 4) is 5.75 Å². The van der Waals surface area contributed by atoms with Gasteiger partial charge in [0.15, 0.2) is 0 Å². The van der Waals surface area contributed by atoms with E-state index in [1.165, 1.54) is 0 Å². The predicted octanol–water partition coefficient (Wildman–Crippen LogP) is 5.35. The summed E-state index contributed by atoms with van der Waals surface area (Å²) >= 11 is 3.43. The number of ether oxygens (including phenoxy) is 1. The second-order valence-corrected chi connectivity index (χ2v) is 6.87. The number of aromatic nitrogens is 2. The molecular weight excluding hydrogens is 404 g/mol. The normalized spacial score (nSPS) is 11.1. The fourth-order valence-electron chi connectivity index (χ4n) is 2.57. The maximum atomic E-state index is 5.80. The molecule has 3 aromatic carbocycles. The third-order valence-electron chi connectivity index (χ3n) is 3.97. The molecule has 0 amide bonds. The van der Waals surface area contributed by atoms with Gasteiger partial charge in [0.05, 0.1) is 17.2 Å². The fraction of sp³-hybridized carbons (Fsp3) is 0.0476. The maximum absolute atomic E-state index is 5.80. The van der Waals surface area contributed by atoms with E-state index in [4.69, 9.17) is 4.74 Å². The molecule has 4 rings (SSSR count). The van der Waals surface area contributed by atoms with Crippen LogP contribution in [0.25, 0.3) is 11.0 Å². The highest BCUT2D eigenvalue weighted by atomic mass is 79.9. The first-order chi connectivity index (χ1) is 13.3. The molecule has 0 bridgehead atoms. The van der Waals surface area contributed by atoms with Crippen molar-refractivity contribution in [3.05, 3.63) is 88.4 Å². The van der Waals surface area contributed by atoms with Crippen LogP contribution < -0.4 is 10.2 Å². The Morgan fingerprint density at radius 1 is 1.00 bits per heavy atom. The number of fused-ring (bicyclic) bond motifs is 1. The quantitative estimate of drug-likeness (QED) is 0.326. The van der Waals surface area contributed by atoms with Gasteiger partial charge in [-0.1, -0.05) is 40.2 Å². The number of hydrogen-bond donors (Lipinski definition) is 2. The fourth-order valence-corrected chi connectivity index (χ4v) is 2.84. The van der Waals surface area contributed by atoms with Crippen LogP contribution >= 0.6 is 15.9 Å². The number of aromatic amines is 1. The molecule has 0 aliphatic heterocycles. The Kier molecular flexibility index (Phi) is 5.16. The summed E-state index contributed by atoms with van der Waals surface area (Å²) in [5.74, 6) is 1.43. The lowest BCUT2D eigenvalue weighted by molar-refractivity contribution is 0.306. The highest BCUT2D eigenvalue weighted by molar-refractivity contribution is 9.10. The lowest BCUT2D eigenvalue weighted by atomic mass is 10.2. The van der Waals surface area contributed by atoms with Gasteiger partial charge in [0, 0.05) is 4.47 Å². The van der Waals surface area contributed by atoms with Crippen molar-refractivity contribution in [3.63, 3.8) is 0 Å². The van der Waals surface area contributed by atoms with Crippen molar-refractivity contribution in [2.75, 3.05) is 5.43 Å². The molecule has 1 heterocycles. The number of rotatable bonds is 6. The monoisotopic (exact) mass is 420 g/mol. The zero-order chi connectivity index (χ0) is 18.5. The molecule has 27 heavy (non-hydrogen) atoms. The van der Waals surface area contributed by atoms with Gasteiger partial charge in [-0.05, 0) is 59.7 Å². The molecule has 0 spiro atoms. The van der Waals surface area contributed by atoms with Crippen LogP contribution in [0.15, 0.2) is 82.4 Å². The Bertz CT molecular complexity index is 1020. The van der Waals surface area contributed by atoms with Crippen molar-refractivity contribution in [2.24, 2.45) is 5.10 Å². The number of hydrazone groups is 1. The van der Waals surface area contributed by atoms with Gasteiger partial charge in [-0.25, -0.2) is 10.4 Å². The number of hydrogen-bond acceptors (Lipinski definition) is 4. The van der Waals surface area contributed by atoms with Crippen LogP contribution in [0.5, 0.6) is 5.75 Å². The number of imidazole rings is 1. The van der Waals surface area contributed by atoms with Crippen molar-refractivity contribution >= 4 is 39.1 Å². The summed E-state index contributed by atoms with van der Waals surface area (Å²) in [6.07, 6.45) is 1.74. The number of nitrogens with zero attached hydrogens (tertiary/aromatic N) is 2. The molecule has 0 fully saturated rings. The SMILES string of the molecule is Brc1ccc(COc2ccc(/C=N/Nc3nc4ccccc4[nH]3)cc2)cc1. The Balaban J connectivity index is 1.33. The zero-order valence-electron chi connectivity index (χ0n) is 14.4. The van der Waals surface area contributed by atoms with E-state index < -0.39 is 0 Å². The molecule has 0 saturated carbocycles. The molecule has 0 unspecified atom stereocenters. The van der Waals surface area contributed by atoms with Crippen molar-refractivity contribution < 1.29 is 4.74 Å². The van der Waals surface area contributed by atoms with Gasteiger partial charge in [-0.2, -0.15) is 5.10 Å². The summed E-state index contributed by atoms with van der Waals surface area (Å²) in [7, 11) is 0. The molecule has 6 heteroatoms. The highest BCUT2D eigenvalue weighted by Crippen LogP contribution is 2.16. The van der Waals surface area contributed by atoms with Gasteiger partial charge in [-0.15, -0.1) is 0 Å². The van der Waals surface area contributed by atoms with E-state index >= 15 is 0 Å². The Morgan fingerprint density at radius 3 is 2.56 bits per heavy atom. The average molecular weight is 421 g/mol. The summed E-state index contributed by atoms with van der Waals surface area (Å²) < 4.78 is 6.87. The first kappa shape index (κ1) is 17.3. The van der Waals surface area contributed by atoms with E-state index in [1.54, 1.807) is 6.21 Å². The highest BCUT2D eigenvalue weighted by Gasteiger charge is 2.00. The van der Waals surface area contributed by atoms with E-state index in [2.05, 4.69) is 36.4 Å². The topological polar surface area (TPSA) is 62.3 Å². The predicted molar refractivity (Wildman–Crippen MR) is 112 cm³/mol. The van der Waals surface area contributed by atoms with Gasteiger partial charge in [0.2, 0.25) is 5.95 Å². The minimum absolute atomic E-state index is 0.536. The summed E-state index contributed by atoms with van der Waals surface area (Å²) in [5.41, 5.74) is 6.89. The first-order valence-corrected chi connectivity index (χ1v) is 9.27. The van der Waals surface area contributed by atoms with E-state index in [1.807, 2.05) is 72.8 Å². The van der Waals surface area contributed by atoms with Crippen LogP contribution in [0, 0.1) is 0 Å². The smallest absolute Gasteiger partial charge is 0.222 e. The molecule has 0 saturated heterocycles. The molecule has 0 atom stereocenters. The van der Waals surface area contributed by atoms with Crippen molar-refractivity contribution in [2.45, 2.75) is 6.61 Å². The number of anilines is 1. The largest absolute Gasteiger partial charge is 0.489 e. The van der Waals surface area contributed by atoms with E-state index in [9.17, 15) is 0 Å². The van der Waals surface area contributed by atoms with E-state index in [0.29, 0.717) is 12.6 Å². The van der Waals surface area contributed by atoms with Gasteiger partial charge in [0.1, 0.15) is 12.4 Å². The summed E-state index contributed by atoms with van der Waals surface area (Å²) in [6, 6.07) is 23.7. The number of halogens is 1. The molecule has 4 aromatic rings. The van der Waals surface area contributed by atoms with Gasteiger partial charge >= 0.3 is 0 Å². The third kappa shape index (κ3) is 4.54. The summed E-state index contributed by atoms with van der Waals surface area (Å²) in [4.78, 5) is 7.58. The minimum Gasteiger partial charge on any atom is -0.489 e. The van der Waals surface area contributed by atoms with Crippen LogP contribution in [0.4, 0.5) is 5.95 Å². The van der Waals surface area contributed by atoms with Crippen LogP contribution in [-0.2, 0) is 6.61 Å². The Labute approximate surface area is 165 Å². The van der Waals surface area contributed by atoms with E-state index in [-0.39, 0.29) is 0 Å². The molecule has 2 N–H and O–H groups in total. The Morgan fingerprint density at radius 2 is 1.78 bits per heavy atom. The van der Waals surface area contributed by atoms with Crippen molar-refractivity contribution in [1.29, 1.82) is 0 Å². The second kappa shape index (κ2) is 8.05. The average Bonchev–Trinajstić information content (AvgIpc) is 3.11. The zero-order valence-corrected chi connectivity index (χ0v) is 16.0. The van der Waals surface area contributed by atoms with E-state index in [0.717, 1.165) is 32.4 Å². The third-order valence-corrected chi connectivity index (χ3v) is 4.50. The lowest BCUT2D eigenvalue weighted by Gasteiger charge is -2.06. The Hall–Kier alpha value is -3.12. The van der Waals surface area contributed by atoms with Crippen LogP contribution in [0.2, 0.25) is 0 Å². The van der Waals surface area contributed by atoms with Crippen LogP contribution in [0.1, 0.15) is 11.1 Å². The molecule has 1 aromatic heterocycles. The molecule has 134 valence electrons. The standard InChI is InChI=1S/C21H17BrN4O/c22-17-9-5-16(6-10-17)14-27-18-11-7-15(8-12-18)13-23-26-21-24-19-3-1-2-4-20(19)25-21/h1-13H,14H2,(H2,24,25,26)/b23-13+. The lowest BCUT2D eigenvalue weighted by Crippen LogP contribution is -1.95. The minimum atomic E-state index is 0.536. The molecule has 0 aliphatic carbocycles. The maximum Gasteiger partial charge on any atom is 0.222 e. The first-order valence-electron chi connectivity index (χ1n) is 8.47. The van der Waals surface area contributed by atoms with Crippen LogP contribution in [-0.4, -0.2) is 16.2 Å². The van der Waals surface area contributed by atoms with Gasteiger partial charge in [0.25, 0.3) is 0 Å². The van der Waals surface area contributed by atoms with Gasteiger partial charge in [-0.3, -0.25) is 0 Å². The summed E-state index contributed by atoms with van der Waals surface area (Å²) in [6.45, 7) is 0.536. The summed E-state index contributed by atoms with van der Waals surface area (Å²) in [5, 5.41) is 4.22.